The van der Waals surface area contributed by atoms with E-state index >= 15 is 0 Å². The van der Waals surface area contributed by atoms with Crippen molar-refractivity contribution in [2.75, 3.05) is 0 Å². The third-order valence-corrected chi connectivity index (χ3v) is 1.27. The minimum absolute atomic E-state index is 0.165. The fourth-order valence-corrected chi connectivity index (χ4v) is 0.781. The molecule has 0 aliphatic heterocycles. The summed E-state index contributed by atoms with van der Waals surface area (Å²) in [5, 5.41) is 8.43. The molecule has 0 saturated heterocycles. The van der Waals surface area contributed by atoms with Crippen LogP contribution in [0.1, 0.15) is 5.82 Å². The molecule has 0 aliphatic rings. The van der Waals surface area contributed by atoms with Crippen molar-refractivity contribution >= 4 is 5.65 Å². The number of hydrogen-bond donors (Lipinski definition) is 0. The molecule has 2 aromatic rings. The molecule has 0 unspecified atom stereocenters. The van der Waals surface area contributed by atoms with Gasteiger partial charge in [-0.25, -0.2) is 9.97 Å². The Kier molecular flexibility index (Phi) is 1.07. The maximum atomic E-state index is 8.43. The van der Waals surface area contributed by atoms with Gasteiger partial charge in [-0.05, 0) is 0 Å². The van der Waals surface area contributed by atoms with E-state index in [1.54, 1.807) is 16.9 Å². The largest absolute Gasteiger partial charge is 0.274 e. The lowest BCUT2D eigenvalue weighted by atomic mass is 10.6. The van der Waals surface area contributed by atoms with Crippen molar-refractivity contribution in [3.05, 3.63) is 24.7 Å². The Morgan fingerprint density at radius 3 is 3.18 bits per heavy atom. The molecule has 0 fully saturated rings. The van der Waals surface area contributed by atoms with Gasteiger partial charge < -0.3 is 0 Å². The highest BCUT2D eigenvalue weighted by Crippen LogP contribution is 1.95. The highest BCUT2D eigenvalue weighted by Gasteiger charge is 1.96. The molecule has 5 heteroatoms. The highest BCUT2D eigenvalue weighted by atomic mass is 15.1. The Morgan fingerprint density at radius 1 is 1.45 bits per heavy atom. The summed E-state index contributed by atoms with van der Waals surface area (Å²) < 4.78 is 1.64. The summed E-state index contributed by atoms with van der Waals surface area (Å²) in [7, 11) is 0. The lowest BCUT2D eigenvalue weighted by Gasteiger charge is -1.89. The summed E-state index contributed by atoms with van der Waals surface area (Å²) in [5.41, 5.74) is 0.636. The van der Waals surface area contributed by atoms with E-state index < -0.39 is 0 Å². The molecule has 0 bridgehead atoms. The Bertz CT molecular complexity index is 424. The molecule has 2 rings (SSSR count). The Labute approximate surface area is 62.0 Å². The van der Waals surface area contributed by atoms with Crippen molar-refractivity contribution in [3.8, 4) is 6.07 Å². The van der Waals surface area contributed by atoms with Gasteiger partial charge in [-0.15, -0.1) is 0 Å². The summed E-state index contributed by atoms with van der Waals surface area (Å²) >= 11 is 0. The highest BCUT2D eigenvalue weighted by molar-refractivity contribution is 5.35. The molecule has 5 nitrogen and oxygen atoms in total. The second-order valence-electron chi connectivity index (χ2n) is 1.95. The number of fused-ring (bicyclic) bond motifs is 1. The molecule has 0 spiro atoms. The quantitative estimate of drug-likeness (QED) is 0.523. The fraction of sp³-hybridized carbons (Fsp3) is 0. The first-order valence-corrected chi connectivity index (χ1v) is 2.95. The van der Waals surface area contributed by atoms with Gasteiger partial charge in [0.15, 0.2) is 5.65 Å². The first kappa shape index (κ1) is 5.80. The van der Waals surface area contributed by atoms with Gasteiger partial charge in [0.2, 0.25) is 5.82 Å². The van der Waals surface area contributed by atoms with Crippen molar-refractivity contribution < 1.29 is 0 Å². The molecule has 2 heterocycles. The van der Waals surface area contributed by atoms with Gasteiger partial charge in [0.05, 0.1) is 6.20 Å². The zero-order valence-electron chi connectivity index (χ0n) is 5.47. The van der Waals surface area contributed by atoms with Crippen LogP contribution in [0.4, 0.5) is 0 Å². The van der Waals surface area contributed by atoms with Crippen LogP contribution in [0.5, 0.6) is 0 Å². The van der Waals surface area contributed by atoms with E-state index in [1.807, 2.05) is 6.07 Å². The normalized spacial score (nSPS) is 9.73. The maximum absolute atomic E-state index is 8.43. The summed E-state index contributed by atoms with van der Waals surface area (Å²) in [5.74, 6) is 0.165. The zero-order valence-corrected chi connectivity index (χ0v) is 5.47. The zero-order chi connectivity index (χ0) is 7.68. The number of aromatic nitrogens is 4. The topological polar surface area (TPSA) is 66.9 Å². The van der Waals surface area contributed by atoms with Crippen molar-refractivity contribution in [3.63, 3.8) is 0 Å². The van der Waals surface area contributed by atoms with Crippen LogP contribution >= 0.6 is 0 Å². The third-order valence-electron chi connectivity index (χ3n) is 1.27. The van der Waals surface area contributed by atoms with Gasteiger partial charge in [0, 0.05) is 0 Å². The smallest absolute Gasteiger partial charge is 0.235 e. The first-order valence-electron chi connectivity index (χ1n) is 2.95. The van der Waals surface area contributed by atoms with Gasteiger partial charge in [-0.2, -0.15) is 10.2 Å². The second-order valence-corrected chi connectivity index (χ2v) is 1.95. The molecule has 52 valence electrons. The summed E-state index contributed by atoms with van der Waals surface area (Å²) in [6.45, 7) is 0. The molecular formula is C6H3N5. The molecule has 0 aromatic carbocycles. The summed E-state index contributed by atoms with van der Waals surface area (Å²) in [6.07, 6.45) is 4.66. The maximum Gasteiger partial charge on any atom is 0.235 e. The number of nitrogens with zero attached hydrogens (tertiary/aromatic N) is 5. The number of rotatable bonds is 0. The average molecular weight is 145 g/mol. The van der Waals surface area contributed by atoms with E-state index in [1.165, 1.54) is 6.33 Å². The Hall–Kier alpha value is -1.96. The predicted molar refractivity (Wildman–Crippen MR) is 35.5 cm³/mol. The minimum Gasteiger partial charge on any atom is -0.274 e. The van der Waals surface area contributed by atoms with Crippen LogP contribution in [0.2, 0.25) is 0 Å². The van der Waals surface area contributed by atoms with Gasteiger partial charge in [-0.1, -0.05) is 0 Å². The first-order chi connectivity index (χ1) is 5.40. The van der Waals surface area contributed by atoms with Crippen LogP contribution in [0.25, 0.3) is 5.65 Å². The summed E-state index contributed by atoms with van der Waals surface area (Å²) in [6, 6.07) is 1.85. The molecule has 0 atom stereocenters. The van der Waals surface area contributed by atoms with Crippen molar-refractivity contribution in [1.82, 2.24) is 19.4 Å². The van der Waals surface area contributed by atoms with Gasteiger partial charge in [0.1, 0.15) is 18.7 Å². The SMILES string of the molecule is N#Cc1ncn2cncc2n1. The van der Waals surface area contributed by atoms with E-state index in [0.29, 0.717) is 5.65 Å². The van der Waals surface area contributed by atoms with E-state index in [4.69, 9.17) is 5.26 Å². The number of nitriles is 1. The molecule has 0 aliphatic carbocycles. The lowest BCUT2D eigenvalue weighted by molar-refractivity contribution is 0.993. The molecular weight excluding hydrogens is 142 g/mol. The van der Waals surface area contributed by atoms with Crippen LogP contribution < -0.4 is 0 Å². The minimum atomic E-state index is 0.165. The standard InChI is InChI=1S/C6H3N5/c7-1-5-9-4-11-3-8-2-6(11)10-5/h2-4H. The average Bonchev–Trinajstić information content (AvgIpc) is 2.50. The molecule has 0 saturated carbocycles. The summed E-state index contributed by atoms with van der Waals surface area (Å²) in [4.78, 5) is 11.5. The van der Waals surface area contributed by atoms with Gasteiger partial charge >= 0.3 is 0 Å². The number of imidazole rings is 1. The Morgan fingerprint density at radius 2 is 2.36 bits per heavy atom. The predicted octanol–water partition coefficient (Wildman–Crippen LogP) is -0.00402. The third kappa shape index (κ3) is 0.809. The van der Waals surface area contributed by atoms with Crippen LogP contribution in [-0.2, 0) is 0 Å². The molecule has 0 radical (unpaired) electrons. The molecule has 11 heavy (non-hydrogen) atoms. The van der Waals surface area contributed by atoms with Crippen LogP contribution in [0.3, 0.4) is 0 Å². The van der Waals surface area contributed by atoms with Crippen molar-refractivity contribution in [1.29, 1.82) is 5.26 Å². The van der Waals surface area contributed by atoms with Gasteiger partial charge in [-0.3, -0.25) is 4.40 Å². The van der Waals surface area contributed by atoms with E-state index in [-0.39, 0.29) is 5.82 Å². The second kappa shape index (κ2) is 2.02. The monoisotopic (exact) mass is 145 g/mol. The van der Waals surface area contributed by atoms with Gasteiger partial charge in [0.25, 0.3) is 0 Å². The van der Waals surface area contributed by atoms with Crippen LogP contribution in [0.15, 0.2) is 18.9 Å². The van der Waals surface area contributed by atoms with Crippen molar-refractivity contribution in [2.24, 2.45) is 0 Å². The molecule has 0 amide bonds. The van der Waals surface area contributed by atoms with Crippen LogP contribution in [0, 0.1) is 11.3 Å². The van der Waals surface area contributed by atoms with Crippen molar-refractivity contribution in [2.45, 2.75) is 0 Å². The number of hydrogen-bond acceptors (Lipinski definition) is 4. The fourth-order valence-electron chi connectivity index (χ4n) is 0.781. The van der Waals surface area contributed by atoms with Crippen LogP contribution in [-0.4, -0.2) is 19.4 Å². The molecule has 2 aromatic heterocycles. The van der Waals surface area contributed by atoms with E-state index in [9.17, 15) is 0 Å². The van der Waals surface area contributed by atoms with E-state index in [0.717, 1.165) is 0 Å². The lowest BCUT2D eigenvalue weighted by Crippen LogP contribution is -1.92. The van der Waals surface area contributed by atoms with E-state index in [2.05, 4.69) is 15.0 Å². The Balaban J connectivity index is 2.79. The molecule has 0 N–H and O–H groups in total.